The van der Waals surface area contributed by atoms with E-state index in [1.165, 1.54) is 5.56 Å². The average Bonchev–Trinajstić information content (AvgIpc) is 2.74. The van der Waals surface area contributed by atoms with E-state index in [0.717, 1.165) is 38.5 Å². The molecule has 1 N–H and O–H groups in total. The summed E-state index contributed by atoms with van der Waals surface area (Å²) in [5.74, 6) is 0.999. The van der Waals surface area contributed by atoms with Crippen LogP contribution in [0.4, 0.5) is 0 Å². The second kappa shape index (κ2) is 8.06. The van der Waals surface area contributed by atoms with Crippen molar-refractivity contribution < 1.29 is 9.15 Å². The fraction of sp³-hybridized carbons (Fsp3) is 0.538. The molecule has 0 radical (unpaired) electrons. The van der Waals surface area contributed by atoms with E-state index in [1.807, 2.05) is 19.2 Å². The quantitative estimate of drug-likeness (QED) is 0.664. The molecule has 4 nitrogen and oxygen atoms in total. The SMILES string of the molecule is C=CCN(CCOC)Cc1ccoc1CNC. The van der Waals surface area contributed by atoms with Gasteiger partial charge in [0, 0.05) is 32.3 Å². The van der Waals surface area contributed by atoms with Gasteiger partial charge in [0.25, 0.3) is 0 Å². The third kappa shape index (κ3) is 4.73. The summed E-state index contributed by atoms with van der Waals surface area (Å²) in [7, 11) is 3.63. The Kier molecular flexibility index (Phi) is 6.62. The van der Waals surface area contributed by atoms with Crippen LogP contribution in [0.2, 0.25) is 0 Å². The minimum Gasteiger partial charge on any atom is -0.468 e. The van der Waals surface area contributed by atoms with E-state index in [-0.39, 0.29) is 0 Å². The van der Waals surface area contributed by atoms with Crippen LogP contribution in [0.25, 0.3) is 0 Å². The highest BCUT2D eigenvalue weighted by Gasteiger charge is 2.10. The first-order valence-electron chi connectivity index (χ1n) is 5.83. The Morgan fingerprint density at radius 2 is 2.41 bits per heavy atom. The monoisotopic (exact) mass is 238 g/mol. The van der Waals surface area contributed by atoms with E-state index < -0.39 is 0 Å². The molecule has 1 heterocycles. The van der Waals surface area contributed by atoms with Crippen molar-refractivity contribution in [3.8, 4) is 0 Å². The maximum Gasteiger partial charge on any atom is 0.122 e. The van der Waals surface area contributed by atoms with Crippen molar-refractivity contribution in [2.45, 2.75) is 13.1 Å². The molecule has 0 saturated heterocycles. The van der Waals surface area contributed by atoms with Gasteiger partial charge in [0.15, 0.2) is 0 Å². The van der Waals surface area contributed by atoms with Crippen LogP contribution >= 0.6 is 0 Å². The molecule has 4 heteroatoms. The smallest absolute Gasteiger partial charge is 0.122 e. The van der Waals surface area contributed by atoms with Gasteiger partial charge in [-0.15, -0.1) is 6.58 Å². The lowest BCUT2D eigenvalue weighted by molar-refractivity contribution is 0.151. The van der Waals surface area contributed by atoms with Crippen molar-refractivity contribution in [3.05, 3.63) is 36.3 Å². The minimum atomic E-state index is 0.729. The van der Waals surface area contributed by atoms with E-state index in [9.17, 15) is 0 Å². The zero-order chi connectivity index (χ0) is 12.5. The maximum atomic E-state index is 5.44. The van der Waals surface area contributed by atoms with Crippen LogP contribution in [-0.4, -0.2) is 38.8 Å². The fourth-order valence-corrected chi connectivity index (χ4v) is 1.70. The highest BCUT2D eigenvalue weighted by Crippen LogP contribution is 2.13. The molecule has 0 aliphatic heterocycles. The highest BCUT2D eigenvalue weighted by molar-refractivity contribution is 5.16. The van der Waals surface area contributed by atoms with Gasteiger partial charge in [-0.2, -0.15) is 0 Å². The normalized spacial score (nSPS) is 11.0. The number of nitrogens with one attached hydrogen (secondary N) is 1. The summed E-state index contributed by atoms with van der Waals surface area (Å²) in [6.07, 6.45) is 3.65. The summed E-state index contributed by atoms with van der Waals surface area (Å²) < 4.78 is 10.5. The van der Waals surface area contributed by atoms with E-state index in [0.29, 0.717) is 0 Å². The molecular formula is C13H22N2O2. The second-order valence-electron chi connectivity index (χ2n) is 3.92. The van der Waals surface area contributed by atoms with Crippen LogP contribution in [0.5, 0.6) is 0 Å². The first kappa shape index (κ1) is 14.0. The van der Waals surface area contributed by atoms with E-state index in [1.54, 1.807) is 13.4 Å². The molecule has 0 fully saturated rings. The van der Waals surface area contributed by atoms with Gasteiger partial charge in [0.1, 0.15) is 5.76 Å². The van der Waals surface area contributed by atoms with Crippen molar-refractivity contribution in [2.24, 2.45) is 0 Å². The summed E-state index contributed by atoms with van der Waals surface area (Å²) in [5.41, 5.74) is 1.22. The van der Waals surface area contributed by atoms with Crippen molar-refractivity contribution in [3.63, 3.8) is 0 Å². The molecule has 96 valence electrons. The predicted molar refractivity (Wildman–Crippen MR) is 68.8 cm³/mol. The molecule has 0 bridgehead atoms. The van der Waals surface area contributed by atoms with Crippen LogP contribution in [0.3, 0.4) is 0 Å². The lowest BCUT2D eigenvalue weighted by Crippen LogP contribution is -2.27. The maximum absolute atomic E-state index is 5.44. The van der Waals surface area contributed by atoms with Gasteiger partial charge in [-0.1, -0.05) is 6.08 Å². The molecule has 0 unspecified atom stereocenters. The number of hydrogen-bond donors (Lipinski definition) is 1. The number of methoxy groups -OCH3 is 1. The average molecular weight is 238 g/mol. The molecule has 17 heavy (non-hydrogen) atoms. The van der Waals surface area contributed by atoms with Gasteiger partial charge in [-0.05, 0) is 13.1 Å². The zero-order valence-electron chi connectivity index (χ0n) is 10.7. The van der Waals surface area contributed by atoms with Gasteiger partial charge in [0.2, 0.25) is 0 Å². The molecule has 0 aliphatic rings. The molecule has 0 aliphatic carbocycles. The van der Waals surface area contributed by atoms with Gasteiger partial charge >= 0.3 is 0 Å². The van der Waals surface area contributed by atoms with Crippen LogP contribution in [0.1, 0.15) is 11.3 Å². The molecule has 0 spiro atoms. The Morgan fingerprint density at radius 1 is 1.59 bits per heavy atom. The van der Waals surface area contributed by atoms with Crippen LogP contribution in [0, 0.1) is 0 Å². The number of furan rings is 1. The van der Waals surface area contributed by atoms with Gasteiger partial charge in [0.05, 0.1) is 19.4 Å². The molecule has 0 amide bonds. The third-order valence-electron chi connectivity index (χ3n) is 2.57. The Bertz CT molecular complexity index is 323. The lowest BCUT2D eigenvalue weighted by Gasteiger charge is -2.19. The number of hydrogen-bond acceptors (Lipinski definition) is 4. The van der Waals surface area contributed by atoms with E-state index >= 15 is 0 Å². The Hall–Kier alpha value is -1.10. The molecule has 1 rings (SSSR count). The Labute approximate surface area is 103 Å². The topological polar surface area (TPSA) is 37.6 Å². The summed E-state index contributed by atoms with van der Waals surface area (Å²) >= 11 is 0. The van der Waals surface area contributed by atoms with Crippen molar-refractivity contribution in [2.75, 3.05) is 33.9 Å². The van der Waals surface area contributed by atoms with Gasteiger partial charge in [-0.25, -0.2) is 0 Å². The number of ether oxygens (including phenoxy) is 1. The van der Waals surface area contributed by atoms with Crippen LogP contribution in [0.15, 0.2) is 29.4 Å². The molecule has 0 saturated carbocycles. The van der Waals surface area contributed by atoms with Crippen molar-refractivity contribution in [1.29, 1.82) is 0 Å². The largest absolute Gasteiger partial charge is 0.468 e. The molecule has 1 aromatic heterocycles. The first-order valence-corrected chi connectivity index (χ1v) is 5.83. The van der Waals surface area contributed by atoms with Crippen LogP contribution in [-0.2, 0) is 17.8 Å². The molecular weight excluding hydrogens is 216 g/mol. The first-order chi connectivity index (χ1) is 8.31. The van der Waals surface area contributed by atoms with Crippen LogP contribution < -0.4 is 5.32 Å². The summed E-state index contributed by atoms with van der Waals surface area (Å²) in [6.45, 7) is 7.88. The Morgan fingerprint density at radius 3 is 3.06 bits per heavy atom. The Balaban J connectivity index is 2.57. The standard InChI is InChI=1S/C13H22N2O2/c1-4-6-15(7-9-16-3)11-12-5-8-17-13(12)10-14-2/h4-5,8,14H,1,6-7,9-11H2,2-3H3. The highest BCUT2D eigenvalue weighted by atomic mass is 16.5. The fourth-order valence-electron chi connectivity index (χ4n) is 1.70. The molecule has 1 aromatic rings. The minimum absolute atomic E-state index is 0.729. The second-order valence-corrected chi connectivity index (χ2v) is 3.92. The van der Waals surface area contributed by atoms with Crippen molar-refractivity contribution in [1.82, 2.24) is 10.2 Å². The van der Waals surface area contributed by atoms with Gasteiger partial charge < -0.3 is 14.5 Å². The van der Waals surface area contributed by atoms with Gasteiger partial charge in [-0.3, -0.25) is 4.90 Å². The summed E-state index contributed by atoms with van der Waals surface area (Å²) in [4.78, 5) is 2.28. The van der Waals surface area contributed by atoms with E-state index in [4.69, 9.17) is 9.15 Å². The zero-order valence-corrected chi connectivity index (χ0v) is 10.7. The number of nitrogens with zero attached hydrogens (tertiary/aromatic N) is 1. The molecule has 0 aromatic carbocycles. The van der Waals surface area contributed by atoms with E-state index in [2.05, 4.69) is 16.8 Å². The lowest BCUT2D eigenvalue weighted by atomic mass is 10.2. The predicted octanol–water partition coefficient (Wildman–Crippen LogP) is 1.63. The summed E-state index contributed by atoms with van der Waals surface area (Å²) in [6, 6.07) is 2.02. The summed E-state index contributed by atoms with van der Waals surface area (Å²) in [5, 5.41) is 3.10. The molecule has 0 atom stereocenters. The van der Waals surface area contributed by atoms with Crippen molar-refractivity contribution >= 4 is 0 Å². The third-order valence-corrected chi connectivity index (χ3v) is 2.57. The number of rotatable bonds is 9.